The molecule has 0 saturated heterocycles. The van der Waals surface area contributed by atoms with E-state index in [9.17, 15) is 4.79 Å². The van der Waals surface area contributed by atoms with Gasteiger partial charge in [0.15, 0.2) is 0 Å². The first-order valence-corrected chi connectivity index (χ1v) is 7.23. The quantitative estimate of drug-likeness (QED) is 0.787. The van der Waals surface area contributed by atoms with Crippen LogP contribution in [-0.2, 0) is 11.2 Å². The summed E-state index contributed by atoms with van der Waals surface area (Å²) in [7, 11) is 0. The molecule has 19 heavy (non-hydrogen) atoms. The van der Waals surface area contributed by atoms with Gasteiger partial charge in [-0.1, -0.05) is 30.3 Å². The van der Waals surface area contributed by atoms with Crippen molar-refractivity contribution in [3.63, 3.8) is 0 Å². The molecule has 3 N–H and O–H groups in total. The molecule has 0 aliphatic carbocycles. The highest BCUT2D eigenvalue weighted by atomic mass is 79.9. The van der Waals surface area contributed by atoms with Crippen molar-refractivity contribution in [1.29, 1.82) is 0 Å². The van der Waals surface area contributed by atoms with Crippen LogP contribution in [-0.4, -0.2) is 5.91 Å². The van der Waals surface area contributed by atoms with Gasteiger partial charge in [-0.25, -0.2) is 0 Å². The molecule has 0 saturated carbocycles. The molecule has 0 aliphatic heterocycles. The molecule has 0 radical (unpaired) electrons. The van der Waals surface area contributed by atoms with Crippen molar-refractivity contribution in [2.45, 2.75) is 6.42 Å². The van der Waals surface area contributed by atoms with Crippen LogP contribution in [0.1, 0.15) is 5.56 Å². The highest BCUT2D eigenvalue weighted by molar-refractivity contribution is 9.11. The fourth-order valence-electron chi connectivity index (χ4n) is 1.64. The van der Waals surface area contributed by atoms with Gasteiger partial charge in [-0.2, -0.15) is 0 Å². The van der Waals surface area contributed by atoms with Gasteiger partial charge in [0, 0.05) is 14.6 Å². The Morgan fingerprint density at radius 1 is 1.11 bits per heavy atom. The highest BCUT2D eigenvalue weighted by Gasteiger charge is 2.07. The SMILES string of the molecule is Nc1c(Br)cc(NC(=O)Cc2ccccc2)cc1Br. The van der Waals surface area contributed by atoms with Crippen molar-refractivity contribution in [2.75, 3.05) is 11.1 Å². The molecule has 0 spiro atoms. The van der Waals surface area contributed by atoms with Gasteiger partial charge < -0.3 is 11.1 Å². The maximum absolute atomic E-state index is 11.9. The van der Waals surface area contributed by atoms with Gasteiger partial charge >= 0.3 is 0 Å². The van der Waals surface area contributed by atoms with E-state index < -0.39 is 0 Å². The molecule has 5 heteroatoms. The molecule has 3 nitrogen and oxygen atoms in total. The summed E-state index contributed by atoms with van der Waals surface area (Å²) in [6, 6.07) is 13.2. The predicted molar refractivity (Wildman–Crippen MR) is 85.0 cm³/mol. The van der Waals surface area contributed by atoms with Crippen molar-refractivity contribution in [3.05, 3.63) is 57.0 Å². The summed E-state index contributed by atoms with van der Waals surface area (Å²) in [5.41, 5.74) is 8.09. The number of anilines is 2. The molecule has 0 atom stereocenters. The van der Waals surface area contributed by atoms with Gasteiger partial charge in [-0.15, -0.1) is 0 Å². The summed E-state index contributed by atoms with van der Waals surface area (Å²) < 4.78 is 1.49. The number of nitrogens with two attached hydrogens (primary N) is 1. The lowest BCUT2D eigenvalue weighted by molar-refractivity contribution is -0.115. The first kappa shape index (κ1) is 14.1. The fraction of sp³-hybridized carbons (Fsp3) is 0.0714. The van der Waals surface area contributed by atoms with Gasteiger partial charge in [0.25, 0.3) is 0 Å². The van der Waals surface area contributed by atoms with Crippen molar-refractivity contribution in [3.8, 4) is 0 Å². The predicted octanol–water partition coefficient (Wildman–Crippen LogP) is 3.98. The molecule has 1 amide bonds. The third kappa shape index (κ3) is 3.81. The summed E-state index contributed by atoms with van der Waals surface area (Å²) in [5, 5.41) is 2.84. The third-order valence-electron chi connectivity index (χ3n) is 2.57. The minimum atomic E-state index is -0.0604. The summed E-state index contributed by atoms with van der Waals surface area (Å²) >= 11 is 6.69. The van der Waals surface area contributed by atoms with E-state index in [1.807, 2.05) is 30.3 Å². The van der Waals surface area contributed by atoms with Gasteiger partial charge in [-0.05, 0) is 49.6 Å². The Hall–Kier alpha value is -1.33. The van der Waals surface area contributed by atoms with E-state index >= 15 is 0 Å². The molecule has 0 aromatic heterocycles. The fourth-order valence-corrected chi connectivity index (χ4v) is 2.83. The number of nitrogen functional groups attached to an aromatic ring is 1. The van der Waals surface area contributed by atoms with E-state index in [0.29, 0.717) is 17.8 Å². The molecular formula is C14H12Br2N2O. The number of carbonyl (C=O) groups is 1. The van der Waals surface area contributed by atoms with E-state index in [-0.39, 0.29) is 5.91 Å². The maximum atomic E-state index is 11.9. The van der Waals surface area contributed by atoms with E-state index in [1.165, 1.54) is 0 Å². The number of hydrogen-bond acceptors (Lipinski definition) is 2. The number of hydrogen-bond donors (Lipinski definition) is 2. The Bertz CT molecular complexity index is 577. The van der Waals surface area contributed by atoms with Gasteiger partial charge in [0.1, 0.15) is 0 Å². The van der Waals surface area contributed by atoms with E-state index in [2.05, 4.69) is 37.2 Å². The van der Waals surface area contributed by atoms with Crippen LogP contribution in [0.3, 0.4) is 0 Å². The summed E-state index contributed by atoms with van der Waals surface area (Å²) in [5.74, 6) is -0.0604. The summed E-state index contributed by atoms with van der Waals surface area (Å²) in [6.07, 6.45) is 0.348. The lowest BCUT2D eigenvalue weighted by Crippen LogP contribution is -2.14. The number of benzene rings is 2. The van der Waals surface area contributed by atoms with Crippen molar-refractivity contribution >= 4 is 49.1 Å². The summed E-state index contributed by atoms with van der Waals surface area (Å²) in [4.78, 5) is 11.9. The van der Waals surface area contributed by atoms with E-state index in [4.69, 9.17) is 5.73 Å². The second-order valence-corrected chi connectivity index (χ2v) is 5.77. The number of nitrogens with one attached hydrogen (secondary N) is 1. The van der Waals surface area contributed by atoms with Crippen LogP contribution in [0.25, 0.3) is 0 Å². The molecule has 2 rings (SSSR count). The average molecular weight is 384 g/mol. The van der Waals surface area contributed by atoms with Crippen LogP contribution >= 0.6 is 31.9 Å². The number of halogens is 2. The van der Waals surface area contributed by atoms with E-state index in [0.717, 1.165) is 14.5 Å². The normalized spacial score (nSPS) is 10.2. The van der Waals surface area contributed by atoms with Crippen LogP contribution < -0.4 is 11.1 Å². The Labute approximate surface area is 128 Å². The Kier molecular flexibility index (Phi) is 4.61. The van der Waals surface area contributed by atoms with Crippen molar-refractivity contribution in [2.24, 2.45) is 0 Å². The van der Waals surface area contributed by atoms with Gasteiger partial charge in [0.05, 0.1) is 12.1 Å². The average Bonchev–Trinajstić information content (AvgIpc) is 2.37. The number of rotatable bonds is 3. The smallest absolute Gasteiger partial charge is 0.228 e. The third-order valence-corrected chi connectivity index (χ3v) is 3.88. The molecular weight excluding hydrogens is 372 g/mol. The topological polar surface area (TPSA) is 55.1 Å². The molecule has 2 aromatic carbocycles. The molecule has 0 heterocycles. The molecule has 0 aliphatic rings. The zero-order chi connectivity index (χ0) is 13.8. The molecule has 98 valence electrons. The van der Waals surface area contributed by atoms with Gasteiger partial charge in [0.2, 0.25) is 5.91 Å². The molecule has 0 fully saturated rings. The Morgan fingerprint density at radius 3 is 2.26 bits per heavy atom. The van der Waals surface area contributed by atoms with Crippen LogP contribution in [0.2, 0.25) is 0 Å². The zero-order valence-electron chi connectivity index (χ0n) is 9.99. The van der Waals surface area contributed by atoms with Gasteiger partial charge in [-0.3, -0.25) is 4.79 Å². The number of amides is 1. The minimum Gasteiger partial charge on any atom is -0.397 e. The first-order valence-electron chi connectivity index (χ1n) is 5.64. The first-order chi connectivity index (χ1) is 9.06. The molecule has 0 unspecified atom stereocenters. The second-order valence-electron chi connectivity index (χ2n) is 4.06. The van der Waals surface area contributed by atoms with Crippen LogP contribution in [0, 0.1) is 0 Å². The second kappa shape index (κ2) is 6.21. The lowest BCUT2D eigenvalue weighted by Gasteiger charge is -2.09. The number of carbonyl (C=O) groups excluding carboxylic acids is 1. The Morgan fingerprint density at radius 2 is 1.68 bits per heavy atom. The van der Waals surface area contributed by atoms with E-state index in [1.54, 1.807) is 12.1 Å². The molecule has 0 bridgehead atoms. The molecule has 2 aromatic rings. The summed E-state index contributed by atoms with van der Waals surface area (Å²) in [6.45, 7) is 0. The van der Waals surface area contributed by atoms with Crippen molar-refractivity contribution < 1.29 is 4.79 Å². The lowest BCUT2D eigenvalue weighted by atomic mass is 10.1. The monoisotopic (exact) mass is 382 g/mol. The van der Waals surface area contributed by atoms with Crippen molar-refractivity contribution in [1.82, 2.24) is 0 Å². The maximum Gasteiger partial charge on any atom is 0.228 e. The zero-order valence-corrected chi connectivity index (χ0v) is 13.2. The van der Waals surface area contributed by atoms with Crippen LogP contribution in [0.4, 0.5) is 11.4 Å². The largest absolute Gasteiger partial charge is 0.397 e. The minimum absolute atomic E-state index is 0.0604. The highest BCUT2D eigenvalue weighted by Crippen LogP contribution is 2.31. The van der Waals surface area contributed by atoms with Crippen LogP contribution in [0.5, 0.6) is 0 Å². The Balaban J connectivity index is 2.07. The van der Waals surface area contributed by atoms with Crippen LogP contribution in [0.15, 0.2) is 51.4 Å². The standard InChI is InChI=1S/C14H12Br2N2O/c15-11-7-10(8-12(16)14(11)17)18-13(19)6-9-4-2-1-3-5-9/h1-5,7-8H,6,17H2,(H,18,19).